The number of halogens is 2. The van der Waals surface area contributed by atoms with Gasteiger partial charge in [0, 0.05) is 10.6 Å². The molecule has 1 aliphatic rings. The third kappa shape index (κ3) is 3.59. The summed E-state index contributed by atoms with van der Waals surface area (Å²) in [4.78, 5) is 24.8. The van der Waals surface area contributed by atoms with E-state index in [1.807, 2.05) is 0 Å². The summed E-state index contributed by atoms with van der Waals surface area (Å²) in [6, 6.07) is 9.11. The first-order valence-electron chi connectivity index (χ1n) is 7.94. The summed E-state index contributed by atoms with van der Waals surface area (Å²) in [5.74, 6) is -0.768. The van der Waals surface area contributed by atoms with Crippen LogP contribution in [0.2, 0.25) is 5.02 Å². The van der Waals surface area contributed by atoms with Gasteiger partial charge in [-0.25, -0.2) is 14.0 Å². The van der Waals surface area contributed by atoms with Crippen molar-refractivity contribution in [2.45, 2.75) is 6.04 Å². The van der Waals surface area contributed by atoms with Crippen LogP contribution in [0.5, 0.6) is 5.75 Å². The third-order valence-electron chi connectivity index (χ3n) is 4.14. The fourth-order valence-corrected chi connectivity index (χ4v) is 3.15. The number of nitrogens with one attached hydrogen (secondary N) is 2. The van der Waals surface area contributed by atoms with E-state index in [9.17, 15) is 14.0 Å². The molecular weight excluding hydrogens is 375 g/mol. The minimum atomic E-state index is -1.11. The molecule has 0 bridgehead atoms. The fraction of sp³-hybridized carbons (Fsp3) is 0.158. The maximum absolute atomic E-state index is 14.5. The molecule has 1 aliphatic heterocycles. The van der Waals surface area contributed by atoms with Crippen LogP contribution < -0.4 is 15.4 Å². The van der Waals surface area contributed by atoms with Gasteiger partial charge in [-0.2, -0.15) is 0 Å². The molecule has 0 aliphatic carbocycles. The summed E-state index contributed by atoms with van der Waals surface area (Å²) >= 11 is 6.15. The zero-order valence-electron chi connectivity index (χ0n) is 14.5. The largest absolute Gasteiger partial charge is 0.497 e. The molecule has 27 heavy (non-hydrogen) atoms. The van der Waals surface area contributed by atoms with Gasteiger partial charge in [0.1, 0.15) is 11.6 Å². The van der Waals surface area contributed by atoms with Crippen molar-refractivity contribution >= 4 is 29.3 Å². The molecule has 0 fully saturated rings. The molecule has 2 amide bonds. The highest BCUT2D eigenvalue weighted by Crippen LogP contribution is 2.36. The van der Waals surface area contributed by atoms with Crippen LogP contribution in [0.4, 0.5) is 9.18 Å². The second kappa shape index (κ2) is 7.67. The first-order chi connectivity index (χ1) is 13.0. The highest BCUT2D eigenvalue weighted by atomic mass is 35.5. The summed E-state index contributed by atoms with van der Waals surface area (Å²) in [5, 5.41) is 5.22. The van der Waals surface area contributed by atoms with Crippen molar-refractivity contribution in [1.29, 1.82) is 0 Å². The van der Waals surface area contributed by atoms with Gasteiger partial charge in [-0.05, 0) is 42.0 Å². The van der Waals surface area contributed by atoms with Crippen LogP contribution in [0, 0.1) is 5.82 Å². The van der Waals surface area contributed by atoms with E-state index < -0.39 is 23.9 Å². The van der Waals surface area contributed by atoms with Crippen molar-refractivity contribution in [1.82, 2.24) is 10.6 Å². The van der Waals surface area contributed by atoms with Crippen LogP contribution in [0.1, 0.15) is 17.2 Å². The van der Waals surface area contributed by atoms with E-state index in [-0.39, 0.29) is 21.9 Å². The molecule has 1 heterocycles. The Hall–Kier alpha value is -3.06. The van der Waals surface area contributed by atoms with E-state index in [0.717, 1.165) is 0 Å². The number of carbonyl (C=O) groups is 2. The second-order valence-electron chi connectivity index (χ2n) is 5.68. The van der Waals surface area contributed by atoms with Crippen molar-refractivity contribution < 1.29 is 23.5 Å². The Morgan fingerprint density at radius 3 is 2.44 bits per heavy atom. The van der Waals surface area contributed by atoms with Gasteiger partial charge in [-0.3, -0.25) is 0 Å². The average molecular weight is 391 g/mol. The van der Waals surface area contributed by atoms with E-state index in [1.165, 1.54) is 32.4 Å². The molecule has 2 aromatic carbocycles. The lowest BCUT2D eigenvalue weighted by molar-refractivity contribution is -0.136. The van der Waals surface area contributed by atoms with E-state index in [1.54, 1.807) is 24.3 Å². The Morgan fingerprint density at radius 2 is 1.85 bits per heavy atom. The van der Waals surface area contributed by atoms with Crippen LogP contribution >= 0.6 is 11.6 Å². The monoisotopic (exact) mass is 390 g/mol. The maximum Gasteiger partial charge on any atom is 0.338 e. The Balaban J connectivity index is 2.23. The average Bonchev–Trinajstić information content (AvgIpc) is 2.67. The highest BCUT2D eigenvalue weighted by Gasteiger charge is 2.36. The zero-order chi connectivity index (χ0) is 19.6. The number of rotatable bonds is 4. The van der Waals surface area contributed by atoms with E-state index in [0.29, 0.717) is 11.3 Å². The zero-order valence-corrected chi connectivity index (χ0v) is 15.3. The SMILES string of the molecule is COC(=O)C1=C(c2ccc(OC)cc2)NC(=O)NC1c1c(F)cccc1Cl. The number of hydrogen-bond donors (Lipinski definition) is 2. The van der Waals surface area contributed by atoms with Gasteiger partial charge in [0.2, 0.25) is 0 Å². The number of amides is 2. The molecule has 2 aromatic rings. The quantitative estimate of drug-likeness (QED) is 0.784. The van der Waals surface area contributed by atoms with Crippen LogP contribution in [0.15, 0.2) is 48.0 Å². The number of urea groups is 1. The molecule has 0 radical (unpaired) electrons. The Morgan fingerprint density at radius 1 is 1.15 bits per heavy atom. The lowest BCUT2D eigenvalue weighted by Gasteiger charge is -2.30. The summed E-state index contributed by atoms with van der Waals surface area (Å²) in [6.07, 6.45) is 0. The predicted molar refractivity (Wildman–Crippen MR) is 97.7 cm³/mol. The van der Waals surface area contributed by atoms with Crippen LogP contribution in [0.3, 0.4) is 0 Å². The molecule has 6 nitrogen and oxygen atoms in total. The van der Waals surface area contributed by atoms with E-state index in [4.69, 9.17) is 21.1 Å². The van der Waals surface area contributed by atoms with Gasteiger partial charge in [-0.1, -0.05) is 17.7 Å². The molecule has 0 saturated carbocycles. The number of ether oxygens (including phenoxy) is 2. The van der Waals surface area contributed by atoms with Crippen molar-refractivity contribution in [2.75, 3.05) is 14.2 Å². The Bertz CT molecular complexity index is 908. The molecular formula is C19H16ClFN2O4. The Kier molecular flexibility index (Phi) is 5.32. The number of esters is 1. The van der Waals surface area contributed by atoms with Gasteiger partial charge >= 0.3 is 12.0 Å². The van der Waals surface area contributed by atoms with Crippen LogP contribution in [-0.2, 0) is 9.53 Å². The molecule has 0 saturated heterocycles. The molecule has 140 valence electrons. The first kappa shape index (κ1) is 18.7. The number of methoxy groups -OCH3 is 2. The topological polar surface area (TPSA) is 76.7 Å². The highest BCUT2D eigenvalue weighted by molar-refractivity contribution is 6.31. The third-order valence-corrected chi connectivity index (χ3v) is 4.47. The molecule has 3 rings (SSSR count). The molecule has 0 aromatic heterocycles. The van der Waals surface area contributed by atoms with Crippen molar-refractivity contribution in [3.8, 4) is 5.75 Å². The van der Waals surface area contributed by atoms with E-state index in [2.05, 4.69) is 10.6 Å². The number of benzene rings is 2. The fourth-order valence-electron chi connectivity index (χ4n) is 2.88. The van der Waals surface area contributed by atoms with E-state index >= 15 is 0 Å². The molecule has 1 unspecified atom stereocenters. The smallest absolute Gasteiger partial charge is 0.338 e. The Labute approximate surface area is 159 Å². The van der Waals surface area contributed by atoms with Gasteiger partial charge in [-0.15, -0.1) is 0 Å². The normalized spacial score (nSPS) is 16.4. The van der Waals surface area contributed by atoms with Gasteiger partial charge in [0.05, 0.1) is 31.5 Å². The maximum atomic E-state index is 14.5. The molecule has 1 atom stereocenters. The van der Waals surface area contributed by atoms with Crippen LogP contribution in [0.25, 0.3) is 5.70 Å². The lowest BCUT2D eigenvalue weighted by Crippen LogP contribution is -2.45. The molecule has 0 spiro atoms. The van der Waals surface area contributed by atoms with Gasteiger partial charge < -0.3 is 20.1 Å². The lowest BCUT2D eigenvalue weighted by atomic mass is 9.92. The van der Waals surface area contributed by atoms with Crippen LogP contribution in [-0.4, -0.2) is 26.2 Å². The van der Waals surface area contributed by atoms with Gasteiger partial charge in [0.15, 0.2) is 0 Å². The summed E-state index contributed by atoms with van der Waals surface area (Å²) < 4.78 is 24.5. The summed E-state index contributed by atoms with van der Waals surface area (Å²) in [7, 11) is 2.73. The number of carbonyl (C=O) groups excluding carboxylic acids is 2. The van der Waals surface area contributed by atoms with Gasteiger partial charge in [0.25, 0.3) is 0 Å². The first-order valence-corrected chi connectivity index (χ1v) is 8.32. The standard InChI is InChI=1S/C19H16ClFN2O4/c1-26-11-8-6-10(7-9-11)16-15(18(24)27-2)17(23-19(25)22-16)14-12(20)4-3-5-13(14)21/h3-9,17H,1-2H3,(H2,22,23,25). The predicted octanol–water partition coefficient (Wildman–Crippen LogP) is 3.43. The minimum absolute atomic E-state index is 0.0135. The summed E-state index contributed by atoms with van der Waals surface area (Å²) in [5.41, 5.74) is 0.760. The minimum Gasteiger partial charge on any atom is -0.497 e. The molecule has 2 N–H and O–H groups in total. The number of hydrogen-bond acceptors (Lipinski definition) is 4. The van der Waals surface area contributed by atoms with Crippen molar-refractivity contribution in [2.24, 2.45) is 0 Å². The molecule has 8 heteroatoms. The second-order valence-corrected chi connectivity index (χ2v) is 6.08. The summed E-state index contributed by atoms with van der Waals surface area (Å²) in [6.45, 7) is 0. The van der Waals surface area contributed by atoms with Crippen molar-refractivity contribution in [3.63, 3.8) is 0 Å². The van der Waals surface area contributed by atoms with Crippen molar-refractivity contribution in [3.05, 3.63) is 70.0 Å².